The molecule has 27 heavy (non-hydrogen) atoms. The molecule has 4 aliphatic rings. The second-order valence-electron chi connectivity index (χ2n) is 8.88. The summed E-state index contributed by atoms with van der Waals surface area (Å²) in [6.07, 6.45) is 7.80. The number of hydrogen-bond donors (Lipinski definition) is 2. The van der Waals surface area contributed by atoms with Gasteiger partial charge in [0.2, 0.25) is 0 Å². The lowest BCUT2D eigenvalue weighted by molar-refractivity contribution is -0.128. The third kappa shape index (κ3) is 3.66. The van der Waals surface area contributed by atoms with Crippen molar-refractivity contribution in [1.29, 1.82) is 0 Å². The van der Waals surface area contributed by atoms with Crippen LogP contribution in [0, 0.1) is 23.2 Å². The molecular formula is C21H27ClN2O3. The normalized spacial score (nSPS) is 32.1. The summed E-state index contributed by atoms with van der Waals surface area (Å²) in [7, 11) is 0. The van der Waals surface area contributed by atoms with Gasteiger partial charge in [0.25, 0.3) is 5.91 Å². The number of nitrogens with one attached hydrogen (secondary N) is 1. The maximum absolute atomic E-state index is 12.4. The Labute approximate surface area is 165 Å². The SMILES string of the molecule is C[C@H](NC(=O)COC(=O)c1ccc(Cl)cc1N)C12CC3CC(CC(C3)C1)C2. The van der Waals surface area contributed by atoms with Gasteiger partial charge in [-0.25, -0.2) is 4.79 Å². The largest absolute Gasteiger partial charge is 0.452 e. The molecule has 4 saturated carbocycles. The van der Waals surface area contributed by atoms with Crippen LogP contribution in [0.2, 0.25) is 5.02 Å². The summed E-state index contributed by atoms with van der Waals surface area (Å²) in [5.41, 5.74) is 6.49. The molecule has 146 valence electrons. The number of nitrogens with two attached hydrogens (primary N) is 1. The standard InChI is InChI=1S/C21H27ClN2O3/c1-12(21-8-13-4-14(9-21)6-15(5-13)10-21)24-19(25)11-27-20(26)17-3-2-16(22)7-18(17)23/h2-3,7,12-15H,4-6,8-11,23H2,1H3,(H,24,25)/t12-,13?,14?,15?,21?/m0/s1. The van der Waals surface area contributed by atoms with Crippen LogP contribution in [-0.4, -0.2) is 24.5 Å². The zero-order chi connectivity index (χ0) is 19.2. The fourth-order valence-corrected chi connectivity index (χ4v) is 6.25. The van der Waals surface area contributed by atoms with Gasteiger partial charge in [-0.15, -0.1) is 0 Å². The number of anilines is 1. The summed E-state index contributed by atoms with van der Waals surface area (Å²) in [4.78, 5) is 24.5. The van der Waals surface area contributed by atoms with E-state index in [2.05, 4.69) is 12.2 Å². The molecule has 0 spiro atoms. The molecule has 4 fully saturated rings. The van der Waals surface area contributed by atoms with Crippen LogP contribution in [0.1, 0.15) is 55.8 Å². The Balaban J connectivity index is 1.32. The first-order chi connectivity index (χ1) is 12.8. The summed E-state index contributed by atoms with van der Waals surface area (Å²) in [6.45, 7) is 1.82. The van der Waals surface area contributed by atoms with E-state index >= 15 is 0 Å². The monoisotopic (exact) mass is 390 g/mol. The van der Waals surface area contributed by atoms with Gasteiger partial charge in [-0.1, -0.05) is 11.6 Å². The van der Waals surface area contributed by atoms with Crippen LogP contribution in [0.4, 0.5) is 5.69 Å². The zero-order valence-corrected chi connectivity index (χ0v) is 16.4. The first-order valence-corrected chi connectivity index (χ1v) is 10.2. The number of rotatable bonds is 5. The molecular weight excluding hydrogens is 364 g/mol. The van der Waals surface area contributed by atoms with Crippen molar-refractivity contribution in [2.75, 3.05) is 12.3 Å². The number of nitrogen functional groups attached to an aromatic ring is 1. The second kappa shape index (κ2) is 7.01. The van der Waals surface area contributed by atoms with Gasteiger partial charge in [0.15, 0.2) is 6.61 Å². The van der Waals surface area contributed by atoms with Crippen molar-refractivity contribution in [2.45, 2.75) is 51.5 Å². The predicted octanol–water partition coefficient (Wildman–Crippen LogP) is 3.80. The van der Waals surface area contributed by atoms with Gasteiger partial charge >= 0.3 is 5.97 Å². The quantitative estimate of drug-likeness (QED) is 0.591. The van der Waals surface area contributed by atoms with Gasteiger partial charge in [-0.05, 0) is 86.8 Å². The fraction of sp³-hybridized carbons (Fsp3) is 0.619. The van der Waals surface area contributed by atoms with Crippen molar-refractivity contribution < 1.29 is 14.3 Å². The molecule has 3 N–H and O–H groups in total. The third-order valence-electron chi connectivity index (χ3n) is 6.95. The Kier molecular flexibility index (Phi) is 4.83. The highest BCUT2D eigenvalue weighted by Crippen LogP contribution is 2.61. The zero-order valence-electron chi connectivity index (χ0n) is 15.7. The third-order valence-corrected chi connectivity index (χ3v) is 7.18. The number of carbonyl (C=O) groups is 2. The summed E-state index contributed by atoms with van der Waals surface area (Å²) in [5.74, 6) is 1.64. The second-order valence-corrected chi connectivity index (χ2v) is 9.31. The lowest BCUT2D eigenvalue weighted by atomic mass is 9.48. The number of amides is 1. The van der Waals surface area contributed by atoms with Crippen LogP contribution in [0.5, 0.6) is 0 Å². The van der Waals surface area contributed by atoms with Gasteiger partial charge < -0.3 is 15.8 Å². The number of benzene rings is 1. The highest BCUT2D eigenvalue weighted by Gasteiger charge is 2.53. The number of carbonyl (C=O) groups excluding carboxylic acids is 2. The van der Waals surface area contributed by atoms with Gasteiger partial charge in [-0.3, -0.25) is 4.79 Å². The smallest absolute Gasteiger partial charge is 0.340 e. The Bertz CT molecular complexity index is 729. The molecule has 6 heteroatoms. The number of ether oxygens (including phenoxy) is 1. The molecule has 5 nitrogen and oxygen atoms in total. The average molecular weight is 391 g/mol. The van der Waals surface area contributed by atoms with Gasteiger partial charge in [0, 0.05) is 16.8 Å². The van der Waals surface area contributed by atoms with E-state index in [0.29, 0.717) is 5.02 Å². The lowest BCUT2D eigenvalue weighted by Crippen LogP contribution is -2.56. The first kappa shape index (κ1) is 18.6. The Morgan fingerprint density at radius 1 is 1.22 bits per heavy atom. The van der Waals surface area contributed by atoms with Crippen molar-refractivity contribution in [3.05, 3.63) is 28.8 Å². The van der Waals surface area contributed by atoms with E-state index < -0.39 is 5.97 Å². The highest BCUT2D eigenvalue weighted by molar-refractivity contribution is 6.31. The van der Waals surface area contributed by atoms with Gasteiger partial charge in [0.1, 0.15) is 0 Å². The molecule has 0 heterocycles. The molecule has 1 aromatic carbocycles. The molecule has 0 radical (unpaired) electrons. The first-order valence-electron chi connectivity index (χ1n) is 9.86. The van der Waals surface area contributed by atoms with Crippen LogP contribution < -0.4 is 11.1 Å². The maximum atomic E-state index is 12.4. The van der Waals surface area contributed by atoms with Crippen LogP contribution in [0.3, 0.4) is 0 Å². The van der Waals surface area contributed by atoms with E-state index in [-0.39, 0.29) is 35.2 Å². The highest BCUT2D eigenvalue weighted by atomic mass is 35.5. The molecule has 4 aliphatic carbocycles. The lowest BCUT2D eigenvalue weighted by Gasteiger charge is -2.59. The van der Waals surface area contributed by atoms with Crippen LogP contribution in [0.25, 0.3) is 0 Å². The maximum Gasteiger partial charge on any atom is 0.340 e. The summed E-state index contributed by atoms with van der Waals surface area (Å²) >= 11 is 5.84. The van der Waals surface area contributed by atoms with Crippen molar-refractivity contribution in [3.8, 4) is 0 Å². The molecule has 1 atom stereocenters. The fourth-order valence-electron chi connectivity index (χ4n) is 6.07. The van der Waals surface area contributed by atoms with Crippen molar-refractivity contribution >= 4 is 29.2 Å². The Hall–Kier alpha value is -1.75. The summed E-state index contributed by atoms with van der Waals surface area (Å²) in [5, 5.41) is 3.55. The minimum atomic E-state index is -0.609. The number of esters is 1. The van der Waals surface area contributed by atoms with Gasteiger partial charge in [0.05, 0.1) is 5.56 Å². The van der Waals surface area contributed by atoms with Crippen molar-refractivity contribution in [2.24, 2.45) is 23.2 Å². The molecule has 4 bridgehead atoms. The van der Waals surface area contributed by atoms with E-state index in [0.717, 1.165) is 17.8 Å². The minimum Gasteiger partial charge on any atom is -0.452 e. The molecule has 0 aromatic heterocycles. The topological polar surface area (TPSA) is 81.4 Å². The van der Waals surface area contributed by atoms with Crippen LogP contribution in [0.15, 0.2) is 18.2 Å². The molecule has 0 saturated heterocycles. The van der Waals surface area contributed by atoms with E-state index in [1.54, 1.807) is 6.07 Å². The van der Waals surface area contributed by atoms with Gasteiger partial charge in [-0.2, -0.15) is 0 Å². The molecule has 0 unspecified atom stereocenters. The minimum absolute atomic E-state index is 0.109. The molecule has 0 aliphatic heterocycles. The Morgan fingerprint density at radius 2 is 1.81 bits per heavy atom. The van der Waals surface area contributed by atoms with E-state index in [4.69, 9.17) is 22.1 Å². The predicted molar refractivity (Wildman–Crippen MR) is 104 cm³/mol. The van der Waals surface area contributed by atoms with Crippen LogP contribution in [-0.2, 0) is 9.53 Å². The molecule has 1 aromatic rings. The number of halogens is 1. The van der Waals surface area contributed by atoms with Crippen LogP contribution >= 0.6 is 11.6 Å². The average Bonchev–Trinajstić information content (AvgIpc) is 2.58. The molecule has 1 amide bonds. The van der Waals surface area contributed by atoms with Crippen molar-refractivity contribution in [3.63, 3.8) is 0 Å². The van der Waals surface area contributed by atoms with E-state index in [1.807, 2.05) is 0 Å². The summed E-state index contributed by atoms with van der Waals surface area (Å²) < 4.78 is 5.16. The number of hydrogen-bond acceptors (Lipinski definition) is 4. The molecule has 5 rings (SSSR count). The van der Waals surface area contributed by atoms with E-state index in [9.17, 15) is 9.59 Å². The summed E-state index contributed by atoms with van der Waals surface area (Å²) in [6, 6.07) is 4.69. The van der Waals surface area contributed by atoms with Crippen molar-refractivity contribution in [1.82, 2.24) is 5.32 Å². The van der Waals surface area contributed by atoms with E-state index in [1.165, 1.54) is 50.7 Å². The Morgan fingerprint density at radius 3 is 2.37 bits per heavy atom.